The van der Waals surface area contributed by atoms with Crippen molar-refractivity contribution in [3.63, 3.8) is 0 Å². The zero-order valence-corrected chi connectivity index (χ0v) is 9.89. The van der Waals surface area contributed by atoms with Crippen LogP contribution in [0, 0.1) is 6.92 Å². The molecule has 3 rings (SSSR count). The number of carbonyl (C=O) groups is 1. The number of aromatic nitrogens is 2. The van der Waals surface area contributed by atoms with Crippen molar-refractivity contribution in [2.24, 2.45) is 0 Å². The average molecular weight is 259 g/mol. The van der Waals surface area contributed by atoms with Crippen LogP contribution in [0.3, 0.4) is 0 Å². The maximum absolute atomic E-state index is 12.0. The van der Waals surface area contributed by atoms with Crippen LogP contribution < -0.4 is 11.1 Å². The summed E-state index contributed by atoms with van der Waals surface area (Å²) in [6.07, 6.45) is 0. The van der Waals surface area contributed by atoms with E-state index in [1.165, 1.54) is 6.07 Å². The maximum atomic E-state index is 12.0. The van der Waals surface area contributed by atoms with Crippen molar-refractivity contribution in [1.29, 1.82) is 0 Å². The summed E-state index contributed by atoms with van der Waals surface area (Å²) in [5, 5.41) is 6.24. The summed E-state index contributed by atoms with van der Waals surface area (Å²) < 4.78 is 9.73. The number of H-pyrrole nitrogens is 1. The number of hydrogen-bond acceptors (Lipinski definition) is 5. The number of nitrogens with one attached hydrogen (secondary N) is 2. The fourth-order valence-corrected chi connectivity index (χ4v) is 1.70. The molecule has 0 saturated heterocycles. The number of anilines is 1. The van der Waals surface area contributed by atoms with Crippen molar-refractivity contribution in [3.8, 4) is 0 Å². The lowest BCUT2D eigenvalue weighted by Gasteiger charge is -2.00. The Morgan fingerprint density at radius 2 is 2.21 bits per heavy atom. The van der Waals surface area contributed by atoms with Crippen molar-refractivity contribution in [2.45, 2.75) is 6.92 Å². The highest BCUT2D eigenvalue weighted by Crippen LogP contribution is 2.14. The number of oxazole rings is 1. The number of aromatic amines is 1. The molecule has 0 atom stereocenters. The fraction of sp³-hybridized carbons (Fsp3) is 0.0833. The summed E-state index contributed by atoms with van der Waals surface area (Å²) in [4.78, 5) is 25.5. The van der Waals surface area contributed by atoms with E-state index >= 15 is 0 Å². The number of fused-ring (bicyclic) bond motifs is 1. The third-order valence-electron chi connectivity index (χ3n) is 2.55. The lowest BCUT2D eigenvalue weighted by atomic mass is 10.2. The molecule has 3 aromatic rings. The Balaban J connectivity index is 1.90. The van der Waals surface area contributed by atoms with E-state index in [4.69, 9.17) is 8.94 Å². The van der Waals surface area contributed by atoms with Gasteiger partial charge in [-0.25, -0.2) is 4.79 Å². The highest BCUT2D eigenvalue weighted by Gasteiger charge is 2.11. The molecule has 0 bridgehead atoms. The van der Waals surface area contributed by atoms with Crippen LogP contribution >= 0.6 is 0 Å². The van der Waals surface area contributed by atoms with Crippen molar-refractivity contribution < 1.29 is 13.7 Å². The maximum Gasteiger partial charge on any atom is 0.417 e. The SMILES string of the molecule is Cc1cc(NC(=O)c2ccc3[nH]c(=O)oc3c2)no1. The second-order valence-electron chi connectivity index (χ2n) is 4.00. The summed E-state index contributed by atoms with van der Waals surface area (Å²) in [7, 11) is 0. The second-order valence-corrected chi connectivity index (χ2v) is 4.00. The molecule has 0 aliphatic heterocycles. The number of amides is 1. The lowest BCUT2D eigenvalue weighted by molar-refractivity contribution is 0.102. The third kappa shape index (κ3) is 2.13. The van der Waals surface area contributed by atoms with Gasteiger partial charge in [0.05, 0.1) is 5.52 Å². The van der Waals surface area contributed by atoms with E-state index in [-0.39, 0.29) is 5.91 Å². The standard InChI is InChI=1S/C12H9N3O4/c1-6-4-10(15-19-6)14-11(16)7-2-3-8-9(5-7)18-12(17)13-8/h2-5H,1H3,(H,13,17)(H,14,15,16). The van der Waals surface area contributed by atoms with Crippen molar-refractivity contribution in [1.82, 2.24) is 10.1 Å². The van der Waals surface area contributed by atoms with Gasteiger partial charge in [-0.15, -0.1) is 0 Å². The predicted molar refractivity (Wildman–Crippen MR) is 66.0 cm³/mol. The van der Waals surface area contributed by atoms with Crippen LogP contribution in [0.2, 0.25) is 0 Å². The molecule has 7 nitrogen and oxygen atoms in total. The van der Waals surface area contributed by atoms with Gasteiger partial charge < -0.3 is 14.3 Å². The minimum Gasteiger partial charge on any atom is -0.408 e. The molecule has 0 aliphatic rings. The van der Waals surface area contributed by atoms with Gasteiger partial charge in [-0.05, 0) is 25.1 Å². The molecule has 2 N–H and O–H groups in total. The number of nitrogens with zero attached hydrogens (tertiary/aromatic N) is 1. The largest absolute Gasteiger partial charge is 0.417 e. The van der Waals surface area contributed by atoms with Crippen molar-refractivity contribution in [2.75, 3.05) is 5.32 Å². The van der Waals surface area contributed by atoms with Gasteiger partial charge in [-0.1, -0.05) is 5.16 Å². The van der Waals surface area contributed by atoms with E-state index in [1.807, 2.05) is 0 Å². The first kappa shape index (κ1) is 11.3. The Kier molecular flexibility index (Phi) is 2.45. The number of benzene rings is 1. The molecule has 0 saturated carbocycles. The van der Waals surface area contributed by atoms with E-state index in [2.05, 4.69) is 15.5 Å². The van der Waals surface area contributed by atoms with Gasteiger partial charge >= 0.3 is 5.76 Å². The molecular formula is C12H9N3O4. The van der Waals surface area contributed by atoms with E-state index in [0.717, 1.165) is 0 Å². The summed E-state index contributed by atoms with van der Waals surface area (Å²) in [5.74, 6) is 0.0132. The number of carbonyl (C=O) groups excluding carboxylic acids is 1. The van der Waals surface area contributed by atoms with E-state index in [0.29, 0.717) is 28.2 Å². The summed E-state index contributed by atoms with van der Waals surface area (Å²) in [6, 6.07) is 6.27. The van der Waals surface area contributed by atoms with Gasteiger partial charge in [0, 0.05) is 11.6 Å². The first-order chi connectivity index (χ1) is 9.11. The molecule has 0 fully saturated rings. The molecule has 96 valence electrons. The van der Waals surface area contributed by atoms with Gasteiger partial charge in [-0.3, -0.25) is 9.78 Å². The Labute approximate surface area is 106 Å². The molecule has 0 radical (unpaired) electrons. The quantitative estimate of drug-likeness (QED) is 0.728. The Bertz CT molecular complexity index is 812. The van der Waals surface area contributed by atoms with Crippen LogP contribution in [0.15, 0.2) is 38.0 Å². The van der Waals surface area contributed by atoms with Crippen molar-refractivity contribution in [3.05, 3.63) is 46.1 Å². The lowest BCUT2D eigenvalue weighted by Crippen LogP contribution is -2.11. The van der Waals surface area contributed by atoms with Crippen LogP contribution in [-0.4, -0.2) is 16.0 Å². The summed E-state index contributed by atoms with van der Waals surface area (Å²) >= 11 is 0. The average Bonchev–Trinajstić information content (AvgIpc) is 2.93. The Morgan fingerprint density at radius 3 is 2.95 bits per heavy atom. The zero-order valence-electron chi connectivity index (χ0n) is 9.89. The minimum absolute atomic E-state index is 0.328. The number of rotatable bonds is 2. The van der Waals surface area contributed by atoms with E-state index in [9.17, 15) is 9.59 Å². The van der Waals surface area contributed by atoms with Gasteiger partial charge in [0.2, 0.25) is 0 Å². The van der Waals surface area contributed by atoms with Gasteiger partial charge in [0.1, 0.15) is 5.76 Å². The first-order valence-electron chi connectivity index (χ1n) is 5.49. The molecule has 19 heavy (non-hydrogen) atoms. The molecule has 2 aromatic heterocycles. The summed E-state index contributed by atoms with van der Waals surface area (Å²) in [5.41, 5.74) is 1.23. The molecule has 0 unspecified atom stereocenters. The molecule has 0 aliphatic carbocycles. The Morgan fingerprint density at radius 1 is 1.37 bits per heavy atom. The van der Waals surface area contributed by atoms with Gasteiger partial charge in [0.25, 0.3) is 5.91 Å². The van der Waals surface area contributed by atoms with Gasteiger partial charge in [0.15, 0.2) is 11.4 Å². The van der Waals surface area contributed by atoms with Gasteiger partial charge in [-0.2, -0.15) is 0 Å². The zero-order chi connectivity index (χ0) is 13.4. The van der Waals surface area contributed by atoms with Crippen LogP contribution in [0.4, 0.5) is 5.82 Å². The predicted octanol–water partition coefficient (Wildman–Crippen LogP) is 1.67. The molecule has 0 spiro atoms. The molecular weight excluding hydrogens is 250 g/mol. The normalized spacial score (nSPS) is 10.8. The van der Waals surface area contributed by atoms with Crippen LogP contribution in [0.1, 0.15) is 16.1 Å². The van der Waals surface area contributed by atoms with E-state index in [1.54, 1.807) is 25.1 Å². The van der Waals surface area contributed by atoms with Crippen LogP contribution in [0.5, 0.6) is 0 Å². The monoisotopic (exact) mass is 259 g/mol. The topological polar surface area (TPSA) is 101 Å². The van der Waals surface area contributed by atoms with Crippen LogP contribution in [-0.2, 0) is 0 Å². The van der Waals surface area contributed by atoms with E-state index < -0.39 is 5.76 Å². The number of aryl methyl sites for hydroxylation is 1. The fourth-order valence-electron chi connectivity index (χ4n) is 1.70. The molecule has 1 amide bonds. The number of hydrogen-bond donors (Lipinski definition) is 2. The first-order valence-corrected chi connectivity index (χ1v) is 5.49. The highest BCUT2D eigenvalue weighted by atomic mass is 16.5. The van der Waals surface area contributed by atoms with Crippen LogP contribution in [0.25, 0.3) is 11.1 Å². The molecule has 2 heterocycles. The smallest absolute Gasteiger partial charge is 0.408 e. The summed E-state index contributed by atoms with van der Waals surface area (Å²) in [6.45, 7) is 1.73. The highest BCUT2D eigenvalue weighted by molar-refractivity contribution is 6.05. The minimum atomic E-state index is -0.556. The Hall–Kier alpha value is -2.83. The van der Waals surface area contributed by atoms with Crippen molar-refractivity contribution >= 4 is 22.8 Å². The molecule has 7 heteroatoms. The molecule has 1 aromatic carbocycles. The second kappa shape index (κ2) is 4.13. The third-order valence-corrected chi connectivity index (χ3v) is 2.55.